The highest BCUT2D eigenvalue weighted by atomic mass is 16.3. The molecule has 1 aliphatic rings. The number of hydrogen-bond acceptors (Lipinski definition) is 4. The summed E-state index contributed by atoms with van der Waals surface area (Å²) in [7, 11) is 0. The average molecular weight is 339 g/mol. The van der Waals surface area contributed by atoms with Crippen LogP contribution in [0.1, 0.15) is 53.1 Å². The van der Waals surface area contributed by atoms with Crippen molar-refractivity contribution in [3.63, 3.8) is 0 Å². The summed E-state index contributed by atoms with van der Waals surface area (Å²) < 4.78 is 0. The molecule has 1 unspecified atom stereocenters. The van der Waals surface area contributed by atoms with E-state index in [2.05, 4.69) is 9.97 Å². The summed E-state index contributed by atoms with van der Waals surface area (Å²) in [6.07, 6.45) is 6.74. The molecule has 2 aromatic rings. The van der Waals surface area contributed by atoms with Crippen LogP contribution in [0.3, 0.4) is 0 Å². The zero-order chi connectivity index (χ0) is 17.8. The van der Waals surface area contributed by atoms with Crippen molar-refractivity contribution in [1.82, 2.24) is 14.9 Å². The van der Waals surface area contributed by atoms with Crippen LogP contribution in [0.5, 0.6) is 5.75 Å². The van der Waals surface area contributed by atoms with Gasteiger partial charge in [0.25, 0.3) is 5.91 Å². The number of carbonyl (C=O) groups is 1. The van der Waals surface area contributed by atoms with E-state index in [1.165, 1.54) is 5.56 Å². The first-order valence-electron chi connectivity index (χ1n) is 8.93. The number of phenolic OH excluding ortho intramolecular Hbond substituents is 1. The van der Waals surface area contributed by atoms with Crippen molar-refractivity contribution >= 4 is 5.91 Å². The summed E-state index contributed by atoms with van der Waals surface area (Å²) in [4.78, 5) is 23.6. The average Bonchev–Trinajstić information content (AvgIpc) is 2.61. The predicted octanol–water partition coefficient (Wildman–Crippen LogP) is 3.43. The first kappa shape index (κ1) is 17.4. The minimum absolute atomic E-state index is 0.0490. The van der Waals surface area contributed by atoms with E-state index in [9.17, 15) is 9.90 Å². The number of aromatic hydroxyl groups is 1. The molecule has 3 rings (SSSR count). The molecule has 5 nitrogen and oxygen atoms in total. The van der Waals surface area contributed by atoms with Gasteiger partial charge in [-0.15, -0.1) is 0 Å². The maximum absolute atomic E-state index is 13.0. The standard InChI is InChI=1S/C20H25N3O2/c1-14-19(13-21-15(2)22-14)20(25)23-12-4-3-5-17(23)9-6-16-7-10-18(24)11-8-16/h7-8,10-11,13,17,24H,3-6,9,12H2,1-2H3. The molecule has 2 heterocycles. The van der Waals surface area contributed by atoms with Crippen molar-refractivity contribution in [2.45, 2.75) is 52.0 Å². The maximum Gasteiger partial charge on any atom is 0.257 e. The lowest BCUT2D eigenvalue weighted by molar-refractivity contribution is 0.0600. The van der Waals surface area contributed by atoms with E-state index < -0.39 is 0 Å². The number of piperidine rings is 1. The molecule has 1 N–H and O–H groups in total. The summed E-state index contributed by atoms with van der Waals surface area (Å²) in [5.41, 5.74) is 2.55. The first-order chi connectivity index (χ1) is 12.0. The molecule has 1 aromatic heterocycles. The number of likely N-dealkylation sites (tertiary alicyclic amines) is 1. The number of amides is 1. The molecule has 132 valence electrons. The third-order valence-corrected chi connectivity index (χ3v) is 4.92. The topological polar surface area (TPSA) is 66.3 Å². The van der Waals surface area contributed by atoms with Crippen LogP contribution in [-0.4, -0.2) is 38.5 Å². The largest absolute Gasteiger partial charge is 0.508 e. The van der Waals surface area contributed by atoms with E-state index in [1.54, 1.807) is 18.3 Å². The quantitative estimate of drug-likeness (QED) is 0.927. The van der Waals surface area contributed by atoms with Gasteiger partial charge in [0.1, 0.15) is 11.6 Å². The number of phenols is 1. The number of aromatic nitrogens is 2. The molecule has 0 spiro atoms. The van der Waals surface area contributed by atoms with Crippen LogP contribution in [0, 0.1) is 13.8 Å². The van der Waals surface area contributed by atoms with Gasteiger partial charge in [-0.1, -0.05) is 12.1 Å². The molecule has 1 aromatic carbocycles. The third kappa shape index (κ3) is 4.16. The lowest BCUT2D eigenvalue weighted by Gasteiger charge is -2.36. The van der Waals surface area contributed by atoms with E-state index in [-0.39, 0.29) is 17.7 Å². The van der Waals surface area contributed by atoms with Gasteiger partial charge in [-0.25, -0.2) is 9.97 Å². The molecule has 0 bridgehead atoms. The Balaban J connectivity index is 1.71. The van der Waals surface area contributed by atoms with Crippen molar-refractivity contribution in [3.8, 4) is 5.75 Å². The van der Waals surface area contributed by atoms with E-state index in [0.29, 0.717) is 11.4 Å². The molecule has 0 aliphatic carbocycles. The van der Waals surface area contributed by atoms with Gasteiger partial charge in [0.05, 0.1) is 11.3 Å². The van der Waals surface area contributed by atoms with Crippen LogP contribution < -0.4 is 0 Å². The number of benzene rings is 1. The summed E-state index contributed by atoms with van der Waals surface area (Å²) in [6, 6.07) is 7.57. The second-order valence-electron chi connectivity index (χ2n) is 6.77. The molecule has 1 saturated heterocycles. The lowest BCUT2D eigenvalue weighted by Crippen LogP contribution is -2.44. The smallest absolute Gasteiger partial charge is 0.257 e. The van der Waals surface area contributed by atoms with Gasteiger partial charge in [-0.05, 0) is 63.6 Å². The number of nitrogens with zero attached hydrogens (tertiary/aromatic N) is 3. The van der Waals surface area contributed by atoms with Gasteiger partial charge < -0.3 is 10.0 Å². The van der Waals surface area contributed by atoms with Crippen LogP contribution in [0.25, 0.3) is 0 Å². The zero-order valence-corrected chi connectivity index (χ0v) is 14.9. The fourth-order valence-corrected chi connectivity index (χ4v) is 3.51. The molecule has 1 atom stereocenters. The van der Waals surface area contributed by atoms with Crippen molar-refractivity contribution in [2.75, 3.05) is 6.54 Å². The Kier molecular flexibility index (Phi) is 5.31. The monoisotopic (exact) mass is 339 g/mol. The van der Waals surface area contributed by atoms with Crippen molar-refractivity contribution in [3.05, 3.63) is 53.1 Å². The van der Waals surface area contributed by atoms with E-state index in [0.717, 1.165) is 44.3 Å². The second kappa shape index (κ2) is 7.64. The third-order valence-electron chi connectivity index (χ3n) is 4.92. The number of hydrogen-bond donors (Lipinski definition) is 1. The molecule has 25 heavy (non-hydrogen) atoms. The fraction of sp³-hybridized carbons (Fsp3) is 0.450. The number of aryl methyl sites for hydroxylation is 3. The minimum Gasteiger partial charge on any atom is -0.508 e. The Bertz CT molecular complexity index is 743. The van der Waals surface area contributed by atoms with E-state index in [1.807, 2.05) is 30.9 Å². The molecule has 1 fully saturated rings. The van der Waals surface area contributed by atoms with Crippen molar-refractivity contribution < 1.29 is 9.90 Å². The van der Waals surface area contributed by atoms with Crippen LogP contribution in [0.2, 0.25) is 0 Å². The van der Waals surface area contributed by atoms with Crippen molar-refractivity contribution in [1.29, 1.82) is 0 Å². The summed E-state index contributed by atoms with van der Waals surface area (Å²) >= 11 is 0. The molecule has 1 aliphatic heterocycles. The summed E-state index contributed by atoms with van der Waals surface area (Å²) in [5, 5.41) is 9.40. The Labute approximate surface area is 148 Å². The highest BCUT2D eigenvalue weighted by Gasteiger charge is 2.28. The molecule has 0 radical (unpaired) electrons. The maximum atomic E-state index is 13.0. The van der Waals surface area contributed by atoms with Gasteiger partial charge in [0.2, 0.25) is 0 Å². The Morgan fingerprint density at radius 2 is 2.00 bits per heavy atom. The normalized spacial score (nSPS) is 17.5. The lowest BCUT2D eigenvalue weighted by atomic mass is 9.95. The van der Waals surface area contributed by atoms with Gasteiger partial charge in [0.15, 0.2) is 0 Å². The zero-order valence-electron chi connectivity index (χ0n) is 14.9. The van der Waals surface area contributed by atoms with E-state index in [4.69, 9.17) is 0 Å². The Hall–Kier alpha value is -2.43. The molecule has 1 amide bonds. The summed E-state index contributed by atoms with van der Waals surface area (Å²) in [6.45, 7) is 4.51. The van der Waals surface area contributed by atoms with E-state index >= 15 is 0 Å². The predicted molar refractivity (Wildman–Crippen MR) is 96.6 cm³/mol. The molecular weight excluding hydrogens is 314 g/mol. The summed E-state index contributed by atoms with van der Waals surface area (Å²) in [5.74, 6) is 1.03. The van der Waals surface area contributed by atoms with Gasteiger partial charge in [-0.3, -0.25) is 4.79 Å². The van der Waals surface area contributed by atoms with Crippen LogP contribution >= 0.6 is 0 Å². The van der Waals surface area contributed by atoms with Crippen LogP contribution in [0.4, 0.5) is 0 Å². The Morgan fingerprint density at radius 1 is 1.24 bits per heavy atom. The second-order valence-corrected chi connectivity index (χ2v) is 6.77. The minimum atomic E-state index is 0.0490. The SMILES string of the molecule is Cc1ncc(C(=O)N2CCCCC2CCc2ccc(O)cc2)c(C)n1. The molecule has 5 heteroatoms. The first-order valence-corrected chi connectivity index (χ1v) is 8.93. The number of carbonyl (C=O) groups excluding carboxylic acids is 1. The highest BCUT2D eigenvalue weighted by Crippen LogP contribution is 2.24. The Morgan fingerprint density at radius 3 is 2.72 bits per heavy atom. The van der Waals surface area contributed by atoms with Crippen LogP contribution in [0.15, 0.2) is 30.5 Å². The highest BCUT2D eigenvalue weighted by molar-refractivity contribution is 5.95. The van der Waals surface area contributed by atoms with Gasteiger partial charge in [-0.2, -0.15) is 0 Å². The van der Waals surface area contributed by atoms with Gasteiger partial charge >= 0.3 is 0 Å². The van der Waals surface area contributed by atoms with Crippen molar-refractivity contribution in [2.24, 2.45) is 0 Å². The molecule has 0 saturated carbocycles. The number of rotatable bonds is 4. The van der Waals surface area contributed by atoms with Gasteiger partial charge in [0, 0.05) is 18.8 Å². The fourth-order valence-electron chi connectivity index (χ4n) is 3.51. The van der Waals surface area contributed by atoms with Crippen LogP contribution in [-0.2, 0) is 6.42 Å². The molecular formula is C20H25N3O2.